The number of carbonyl (C=O) groups is 14. The smallest absolute Gasteiger partial charge is 0.305 e. The lowest BCUT2D eigenvalue weighted by Gasteiger charge is -2.31. The van der Waals surface area contributed by atoms with Gasteiger partial charge in [0.05, 0.1) is 36.6 Å². The van der Waals surface area contributed by atoms with Crippen LogP contribution in [0.3, 0.4) is 0 Å². The van der Waals surface area contributed by atoms with Crippen molar-refractivity contribution in [1.82, 2.24) is 72.2 Å². The van der Waals surface area contributed by atoms with Gasteiger partial charge in [-0.2, -0.15) is 0 Å². The second kappa shape index (κ2) is 30.7. The number of anilines is 1. The van der Waals surface area contributed by atoms with Gasteiger partial charge in [0.2, 0.25) is 53.2 Å². The Morgan fingerprint density at radius 1 is 0.708 bits per heavy atom. The van der Waals surface area contributed by atoms with Crippen molar-refractivity contribution in [2.24, 2.45) is 17.8 Å². The molecule has 0 aliphatic carbocycles. The first-order chi connectivity index (χ1) is 42.3. The van der Waals surface area contributed by atoms with Gasteiger partial charge in [0.25, 0.3) is 31.2 Å². The van der Waals surface area contributed by atoms with E-state index in [1.165, 1.54) is 12.1 Å². The summed E-state index contributed by atoms with van der Waals surface area (Å²) < 4.78 is 14.2. The van der Waals surface area contributed by atoms with Crippen LogP contribution in [-0.2, 0) is 78.1 Å². The molecule has 32 nitrogen and oxygen atoms in total. The van der Waals surface area contributed by atoms with Crippen molar-refractivity contribution in [3.05, 3.63) is 48.1 Å². The summed E-state index contributed by atoms with van der Waals surface area (Å²) in [5.41, 5.74) is 0.797. The SMILES string of the molecule is CC[C@H](C)[C@@H]1CNC(=O)CNC(=O)[C@@H]2Cc3c([nH]c4ccc(NC(=O)CCNP(=O)(NCCN5C(=O)C=CC5=O)NCCN5C(=O)C=CC5=O)cc34)SC[C@H](NC(=O)CNC1=O)C(=O)N[C@@H](CC(=O)O)C(=O)N1C[C@H](O)C[C@H]1C(=O)N[C@@H]([C@@H](C)CC)C(=O)N2. The molecule has 14 N–H and O–H groups in total. The molecule has 9 atom stereocenters. The number of aliphatic carboxylic acids is 1. The number of aliphatic hydroxyl groups is 1. The number of fused-ring (bicyclic) bond motifs is 5. The summed E-state index contributed by atoms with van der Waals surface area (Å²) in [6, 6.07) is -3.41. The molecule has 0 saturated carbocycles. The summed E-state index contributed by atoms with van der Waals surface area (Å²) in [7, 11) is -3.91. The monoisotopic (exact) mass is 1280 g/mol. The van der Waals surface area contributed by atoms with Gasteiger partial charge in [0, 0.05) is 112 Å². The molecule has 6 heterocycles. The Labute approximate surface area is 514 Å². The van der Waals surface area contributed by atoms with Crippen LogP contribution in [0.2, 0.25) is 0 Å². The van der Waals surface area contributed by atoms with E-state index >= 15 is 0 Å². The third-order valence-electron chi connectivity index (χ3n) is 15.7. The molecule has 34 heteroatoms. The van der Waals surface area contributed by atoms with Crippen molar-refractivity contribution in [2.75, 3.05) is 70.0 Å². The van der Waals surface area contributed by atoms with Crippen LogP contribution in [0.15, 0.2) is 47.5 Å². The van der Waals surface area contributed by atoms with Crippen molar-refractivity contribution >= 4 is 119 Å². The molecule has 1 saturated heterocycles. The number of H-pyrrole nitrogens is 1. The summed E-state index contributed by atoms with van der Waals surface area (Å²) in [5.74, 6) is -13.9. The molecule has 7 rings (SSSR count). The number of hydrogen-bond acceptors (Lipinski definition) is 17. The summed E-state index contributed by atoms with van der Waals surface area (Å²) in [6.45, 7) is 3.89. The van der Waals surface area contributed by atoms with E-state index in [-0.39, 0.29) is 80.7 Å². The van der Waals surface area contributed by atoms with Crippen LogP contribution in [0.1, 0.15) is 65.4 Å². The van der Waals surface area contributed by atoms with E-state index in [1.54, 1.807) is 26.8 Å². The summed E-state index contributed by atoms with van der Waals surface area (Å²) >= 11 is 0.908. The first kappa shape index (κ1) is 68.1. The van der Waals surface area contributed by atoms with Crippen LogP contribution in [0.5, 0.6) is 0 Å². The van der Waals surface area contributed by atoms with Crippen molar-refractivity contribution in [3.8, 4) is 0 Å². The van der Waals surface area contributed by atoms with Gasteiger partial charge in [0.1, 0.15) is 30.2 Å². The zero-order valence-electron chi connectivity index (χ0n) is 49.3. The summed E-state index contributed by atoms with van der Waals surface area (Å²) in [5, 5.41) is 50.6. The molecule has 0 unspecified atom stereocenters. The highest BCUT2D eigenvalue weighted by Gasteiger charge is 2.44. The number of aromatic amines is 1. The number of benzene rings is 1. The van der Waals surface area contributed by atoms with Crippen LogP contribution < -0.4 is 57.8 Å². The highest BCUT2D eigenvalue weighted by atomic mass is 32.2. The second-order valence-corrected chi connectivity index (χ2v) is 25.2. The predicted octanol–water partition coefficient (Wildman–Crippen LogP) is -3.68. The topological polar surface area (TPSA) is 454 Å². The zero-order chi connectivity index (χ0) is 64.9. The number of aromatic nitrogens is 1. The van der Waals surface area contributed by atoms with Crippen LogP contribution in [0.25, 0.3) is 10.9 Å². The molecule has 1 aromatic carbocycles. The Kier molecular flexibility index (Phi) is 23.5. The van der Waals surface area contributed by atoms with Gasteiger partial charge in [-0.15, -0.1) is 11.8 Å². The van der Waals surface area contributed by atoms with Gasteiger partial charge in [-0.3, -0.25) is 81.5 Å². The Bertz CT molecular complexity index is 3180. The number of hydrogen-bond donors (Lipinski definition) is 14. The molecule has 1 fully saturated rings. The third kappa shape index (κ3) is 17.9. The number of rotatable bonds is 19. The second-order valence-electron chi connectivity index (χ2n) is 22.0. The number of imide groups is 2. The van der Waals surface area contributed by atoms with E-state index in [1.807, 2.05) is 6.92 Å². The van der Waals surface area contributed by atoms with Crippen molar-refractivity contribution in [3.63, 3.8) is 0 Å². The normalized spacial score (nSPS) is 24.5. The number of carbonyl (C=O) groups excluding carboxylic acids is 13. The number of carboxylic acids is 1. The zero-order valence-corrected chi connectivity index (χ0v) is 51.0. The lowest BCUT2D eigenvalue weighted by Crippen LogP contribution is -2.60. The fraction of sp³-hybridized carbons (Fsp3) is 0.527. The van der Waals surface area contributed by atoms with Crippen LogP contribution in [0, 0.1) is 17.8 Å². The maximum atomic E-state index is 14.8. The van der Waals surface area contributed by atoms with E-state index in [4.69, 9.17) is 0 Å². The molecule has 0 radical (unpaired) electrons. The van der Waals surface area contributed by atoms with E-state index in [0.717, 1.165) is 50.8 Å². The number of thioether (sulfide) groups is 1. The van der Waals surface area contributed by atoms with Crippen LogP contribution >= 0.6 is 19.4 Å². The number of amides is 13. The lowest BCUT2D eigenvalue weighted by atomic mass is 9.90. The van der Waals surface area contributed by atoms with Gasteiger partial charge in [-0.1, -0.05) is 40.5 Å². The van der Waals surface area contributed by atoms with Crippen molar-refractivity contribution in [2.45, 2.75) is 108 Å². The summed E-state index contributed by atoms with van der Waals surface area (Å²) in [4.78, 5) is 195. The maximum Gasteiger partial charge on any atom is 0.305 e. The number of carboxylic acid groups (broad SMARTS) is 1. The maximum absolute atomic E-state index is 14.8. The van der Waals surface area contributed by atoms with E-state index in [2.05, 4.69) is 62.8 Å². The lowest BCUT2D eigenvalue weighted by molar-refractivity contribution is -0.146. The van der Waals surface area contributed by atoms with E-state index in [0.29, 0.717) is 17.3 Å². The first-order valence-corrected chi connectivity index (χ1v) is 31.7. The van der Waals surface area contributed by atoms with Gasteiger partial charge in [0.15, 0.2) is 0 Å². The van der Waals surface area contributed by atoms with Gasteiger partial charge < -0.3 is 62.6 Å². The van der Waals surface area contributed by atoms with E-state index < -0.39 is 177 Å². The van der Waals surface area contributed by atoms with Crippen molar-refractivity contribution in [1.29, 1.82) is 0 Å². The Morgan fingerprint density at radius 3 is 1.93 bits per heavy atom. The minimum absolute atomic E-state index is 0.171. The number of aliphatic hydroxyl groups excluding tert-OH is 1. The Morgan fingerprint density at radius 2 is 1.31 bits per heavy atom. The minimum Gasteiger partial charge on any atom is -0.481 e. The highest BCUT2D eigenvalue weighted by molar-refractivity contribution is 7.99. The fourth-order valence-corrected chi connectivity index (χ4v) is 13.1. The molecule has 2 aromatic rings. The highest BCUT2D eigenvalue weighted by Crippen LogP contribution is 2.34. The molecule has 0 spiro atoms. The fourth-order valence-electron chi connectivity index (χ4n) is 10.4. The number of nitrogens with one attached hydrogen (secondary N) is 12. The molecule has 13 amide bonds. The molecular formula is C55H74N15O17PS. The van der Waals surface area contributed by atoms with Gasteiger partial charge in [-0.25, -0.2) is 15.3 Å². The quantitative estimate of drug-likeness (QED) is 0.0476. The first-order valence-electron chi connectivity index (χ1n) is 29.0. The average Bonchev–Trinajstić information content (AvgIpc) is 2.58. The Hall–Kier alpha value is -8.36. The standard InChI is InChI=1S/C55H74N15O17PS/c1-5-28(3)34-23-56-41(73)24-58-50(82)36-21-33-32-19-30(62-40(72)13-14-59-88(87,60-15-17-68-43(75)9-10-44(68)76)61-16-18-69-45(77)11-12-46(69)78)7-8-35(32)66-54(33)89-27-38(63-42(74)25-57-49(34)81)51(83)65-37(22-47(79)80)55(86)70-26-31(71)20-39(70)52(84)67-48(29(4)6-2)53(85)64-36/h7-12,19,28-29,31,34,36-39,48,66,71H,5-6,13-18,20-27H2,1-4H3,(H,56,73)(H,57,81)(H,58,82)(H,62,72)(H,63,74)(H,64,85)(H,65,83)(H,67,84)(H,79,80)(H3,59,60,61,87)/t28-,29-,31+,34-,36-,37-,38-,39-,48-/m0/s1. The molecule has 5 aliphatic rings. The predicted molar refractivity (Wildman–Crippen MR) is 317 cm³/mol. The van der Waals surface area contributed by atoms with E-state index in [9.17, 15) is 81.9 Å². The van der Waals surface area contributed by atoms with Crippen molar-refractivity contribution < 1.29 is 81.9 Å². The summed E-state index contributed by atoms with van der Waals surface area (Å²) in [6.07, 6.45) is 1.66. The molecule has 1 aromatic heterocycles. The van der Waals surface area contributed by atoms with Crippen LogP contribution in [-0.4, -0.2) is 214 Å². The largest absolute Gasteiger partial charge is 0.481 e. The third-order valence-corrected chi connectivity index (χ3v) is 18.9. The van der Waals surface area contributed by atoms with Gasteiger partial charge >= 0.3 is 5.97 Å². The molecule has 5 aliphatic heterocycles. The average molecular weight is 1280 g/mol. The molecule has 2 bridgehead atoms. The Balaban J connectivity index is 1.24. The minimum atomic E-state index is -3.91. The molecular weight excluding hydrogens is 1210 g/mol. The molecule has 482 valence electrons. The van der Waals surface area contributed by atoms with Crippen LogP contribution in [0.4, 0.5) is 5.69 Å². The molecule has 89 heavy (non-hydrogen) atoms. The number of nitrogens with zero attached hydrogens (tertiary/aromatic N) is 3. The van der Waals surface area contributed by atoms with Gasteiger partial charge in [-0.05, 0) is 35.6 Å².